The summed E-state index contributed by atoms with van der Waals surface area (Å²) in [4.78, 5) is 0. The zero-order valence-electron chi connectivity index (χ0n) is 6.39. The van der Waals surface area contributed by atoms with Crippen molar-refractivity contribution in [1.82, 2.24) is 0 Å². The van der Waals surface area contributed by atoms with E-state index in [9.17, 15) is 0 Å². The highest BCUT2D eigenvalue weighted by molar-refractivity contribution is 5.28. The molecular weight excluding hydrogens is 110 g/mol. The first-order valence-electron chi connectivity index (χ1n) is 3.57. The van der Waals surface area contributed by atoms with Gasteiger partial charge in [0.05, 0.1) is 0 Å². The van der Waals surface area contributed by atoms with Crippen molar-refractivity contribution in [1.29, 1.82) is 0 Å². The van der Waals surface area contributed by atoms with E-state index in [2.05, 4.69) is 26.8 Å². The van der Waals surface area contributed by atoms with E-state index in [0.717, 1.165) is 5.92 Å². The van der Waals surface area contributed by atoms with E-state index in [-0.39, 0.29) is 0 Å². The molecule has 1 aliphatic carbocycles. The molecule has 2 N–H and O–H groups in total. The van der Waals surface area contributed by atoms with Gasteiger partial charge in [0.2, 0.25) is 0 Å². The Morgan fingerprint density at radius 3 is 2.11 bits per heavy atom. The van der Waals surface area contributed by atoms with E-state index in [1.165, 1.54) is 5.57 Å². The largest absolute Gasteiger partial charge is 0.328 e. The first kappa shape index (κ1) is 6.81. The summed E-state index contributed by atoms with van der Waals surface area (Å²) in [5.74, 6) is 1.37. The Bertz CT molecular complexity index is 136. The molecule has 1 nitrogen and oxygen atoms in total. The molecule has 0 heterocycles. The molecule has 0 radical (unpaired) electrons. The maximum atomic E-state index is 5.71. The summed E-state index contributed by atoms with van der Waals surface area (Å²) in [7, 11) is 0. The van der Waals surface area contributed by atoms with Crippen LogP contribution in [0.3, 0.4) is 0 Å². The van der Waals surface area contributed by atoms with Gasteiger partial charge in [0.1, 0.15) is 0 Å². The molecule has 3 atom stereocenters. The van der Waals surface area contributed by atoms with Crippen molar-refractivity contribution in [3.05, 3.63) is 11.6 Å². The van der Waals surface area contributed by atoms with E-state index >= 15 is 0 Å². The lowest BCUT2D eigenvalue weighted by Crippen LogP contribution is -2.26. The monoisotopic (exact) mass is 125 g/mol. The average Bonchev–Trinajstić information content (AvgIpc) is 2.44. The van der Waals surface area contributed by atoms with Crippen LogP contribution in [-0.4, -0.2) is 6.04 Å². The van der Waals surface area contributed by atoms with Gasteiger partial charge in [-0.05, 0) is 19.8 Å². The second-order valence-electron chi connectivity index (χ2n) is 3.15. The molecule has 0 saturated heterocycles. The van der Waals surface area contributed by atoms with Crippen molar-refractivity contribution in [2.24, 2.45) is 17.6 Å². The number of hydrogen-bond acceptors (Lipinski definition) is 1. The molecule has 0 aromatic carbocycles. The van der Waals surface area contributed by atoms with Gasteiger partial charge in [-0.15, -0.1) is 0 Å². The van der Waals surface area contributed by atoms with Gasteiger partial charge >= 0.3 is 0 Å². The molecule has 0 fully saturated rings. The quantitative estimate of drug-likeness (QED) is 0.557. The smallest absolute Gasteiger partial charge is 0.00448 e. The van der Waals surface area contributed by atoms with E-state index in [0.29, 0.717) is 12.0 Å². The van der Waals surface area contributed by atoms with Crippen molar-refractivity contribution >= 4 is 0 Å². The molecule has 1 heteroatoms. The van der Waals surface area contributed by atoms with Crippen LogP contribution in [0.1, 0.15) is 20.8 Å². The molecular formula is C8H15N. The molecule has 0 bridgehead atoms. The SMILES string of the molecule is CC1=CC1[C@H](C)[C@H](C)N. The molecule has 0 spiro atoms. The summed E-state index contributed by atoms with van der Waals surface area (Å²) in [6, 6.07) is 0.337. The maximum absolute atomic E-state index is 5.71. The Labute approximate surface area is 56.9 Å². The van der Waals surface area contributed by atoms with E-state index < -0.39 is 0 Å². The Balaban J connectivity index is 2.29. The third kappa shape index (κ3) is 1.33. The minimum Gasteiger partial charge on any atom is -0.328 e. The van der Waals surface area contributed by atoms with Crippen LogP contribution in [-0.2, 0) is 0 Å². The Kier molecular flexibility index (Phi) is 1.62. The third-order valence-corrected chi connectivity index (χ3v) is 2.25. The van der Waals surface area contributed by atoms with Gasteiger partial charge in [0.25, 0.3) is 0 Å². The van der Waals surface area contributed by atoms with Crippen LogP contribution in [0.15, 0.2) is 11.6 Å². The molecule has 0 amide bonds. The predicted octanol–water partition coefficient (Wildman–Crippen LogP) is 1.55. The fourth-order valence-electron chi connectivity index (χ4n) is 1.13. The fourth-order valence-corrected chi connectivity index (χ4v) is 1.13. The lowest BCUT2D eigenvalue weighted by atomic mass is 9.96. The summed E-state index contributed by atoms with van der Waals surface area (Å²) in [6.45, 7) is 6.45. The van der Waals surface area contributed by atoms with Crippen LogP contribution < -0.4 is 5.73 Å². The van der Waals surface area contributed by atoms with Crippen molar-refractivity contribution in [3.8, 4) is 0 Å². The van der Waals surface area contributed by atoms with Gasteiger partial charge in [0, 0.05) is 12.0 Å². The lowest BCUT2D eigenvalue weighted by molar-refractivity contribution is 0.445. The minimum atomic E-state index is 0.337. The molecule has 0 saturated carbocycles. The molecule has 0 aromatic heterocycles. The van der Waals surface area contributed by atoms with Crippen molar-refractivity contribution in [2.45, 2.75) is 26.8 Å². The van der Waals surface area contributed by atoms with Crippen molar-refractivity contribution in [3.63, 3.8) is 0 Å². The lowest BCUT2D eigenvalue weighted by Gasteiger charge is -2.14. The van der Waals surface area contributed by atoms with Gasteiger partial charge in [0.15, 0.2) is 0 Å². The second-order valence-corrected chi connectivity index (χ2v) is 3.15. The summed E-state index contributed by atoms with van der Waals surface area (Å²) >= 11 is 0. The summed E-state index contributed by atoms with van der Waals surface area (Å²) in [5, 5.41) is 0. The molecule has 0 aliphatic heterocycles. The first-order valence-corrected chi connectivity index (χ1v) is 3.57. The zero-order valence-corrected chi connectivity index (χ0v) is 6.39. The Hall–Kier alpha value is -0.300. The molecule has 1 aliphatic rings. The van der Waals surface area contributed by atoms with E-state index in [1.54, 1.807) is 0 Å². The highest BCUT2D eigenvalue weighted by atomic mass is 14.6. The molecule has 0 aromatic rings. The minimum absolute atomic E-state index is 0.337. The molecule has 1 unspecified atom stereocenters. The van der Waals surface area contributed by atoms with E-state index in [1.807, 2.05) is 0 Å². The van der Waals surface area contributed by atoms with Crippen LogP contribution >= 0.6 is 0 Å². The van der Waals surface area contributed by atoms with E-state index in [4.69, 9.17) is 5.73 Å². The zero-order chi connectivity index (χ0) is 7.02. The fraction of sp³-hybridized carbons (Fsp3) is 0.750. The van der Waals surface area contributed by atoms with Crippen molar-refractivity contribution < 1.29 is 0 Å². The normalized spacial score (nSPS) is 31.1. The number of rotatable bonds is 2. The van der Waals surface area contributed by atoms with Gasteiger partial charge < -0.3 is 5.73 Å². The van der Waals surface area contributed by atoms with Crippen LogP contribution in [0.5, 0.6) is 0 Å². The highest BCUT2D eigenvalue weighted by Gasteiger charge is 2.28. The predicted molar refractivity (Wildman–Crippen MR) is 40.1 cm³/mol. The summed E-state index contributed by atoms with van der Waals surface area (Å²) in [6.07, 6.45) is 2.29. The van der Waals surface area contributed by atoms with Gasteiger partial charge in [-0.3, -0.25) is 0 Å². The van der Waals surface area contributed by atoms with Crippen LogP contribution in [0.2, 0.25) is 0 Å². The summed E-state index contributed by atoms with van der Waals surface area (Å²) in [5.41, 5.74) is 7.22. The Morgan fingerprint density at radius 2 is 2.00 bits per heavy atom. The van der Waals surface area contributed by atoms with Gasteiger partial charge in [-0.25, -0.2) is 0 Å². The molecule has 1 rings (SSSR count). The Morgan fingerprint density at radius 1 is 1.56 bits per heavy atom. The number of nitrogens with two attached hydrogens (primary N) is 1. The second kappa shape index (κ2) is 2.14. The summed E-state index contributed by atoms with van der Waals surface area (Å²) < 4.78 is 0. The maximum Gasteiger partial charge on any atom is 0.00448 e. The van der Waals surface area contributed by atoms with Crippen LogP contribution in [0.25, 0.3) is 0 Å². The van der Waals surface area contributed by atoms with Crippen LogP contribution in [0.4, 0.5) is 0 Å². The van der Waals surface area contributed by atoms with Crippen molar-refractivity contribution in [2.75, 3.05) is 0 Å². The highest BCUT2D eigenvalue weighted by Crippen LogP contribution is 2.36. The number of hydrogen-bond donors (Lipinski definition) is 1. The standard InChI is InChI=1S/C8H15N/c1-5-4-8(5)6(2)7(3)9/h4,6-8H,9H2,1-3H3/t6-,7+,8?/m1/s1. The average molecular weight is 125 g/mol. The van der Waals surface area contributed by atoms with Crippen LogP contribution in [0, 0.1) is 11.8 Å². The van der Waals surface area contributed by atoms with Gasteiger partial charge in [-0.2, -0.15) is 0 Å². The third-order valence-electron chi connectivity index (χ3n) is 2.25. The first-order chi connectivity index (χ1) is 4.13. The number of allylic oxidation sites excluding steroid dienone is 2. The molecule has 52 valence electrons. The van der Waals surface area contributed by atoms with Gasteiger partial charge in [-0.1, -0.05) is 18.6 Å². The molecule has 9 heavy (non-hydrogen) atoms. The topological polar surface area (TPSA) is 26.0 Å².